The Kier molecular flexibility index (Phi) is 5.40. The van der Waals surface area contributed by atoms with Crippen LogP contribution in [0.1, 0.15) is 23.4 Å². The van der Waals surface area contributed by atoms with Gasteiger partial charge in [-0.15, -0.1) is 11.3 Å². The summed E-state index contributed by atoms with van der Waals surface area (Å²) in [5.74, 6) is -0.0114. The van der Waals surface area contributed by atoms with Gasteiger partial charge < -0.3 is 9.73 Å². The Morgan fingerprint density at radius 1 is 1.57 bits per heavy atom. The predicted octanol–water partition coefficient (Wildman–Crippen LogP) is 2.40. The van der Waals surface area contributed by atoms with Gasteiger partial charge in [-0.25, -0.2) is 9.37 Å². The number of alkyl halides is 1. The maximum Gasteiger partial charge on any atom is 0.220 e. The number of hydrogen-bond acceptors (Lipinski definition) is 5. The number of carbonyl (C=O) groups is 1. The first-order valence-electron chi connectivity index (χ1n) is 7.75. The highest BCUT2D eigenvalue weighted by molar-refractivity contribution is 7.09. The Morgan fingerprint density at radius 2 is 2.48 bits per heavy atom. The number of likely N-dealkylation sites (tertiary alicyclic amines) is 1. The topological polar surface area (TPSA) is 58.4 Å². The second-order valence-corrected chi connectivity index (χ2v) is 6.76. The van der Waals surface area contributed by atoms with E-state index >= 15 is 0 Å². The lowest BCUT2D eigenvalue weighted by Gasteiger charge is -2.23. The van der Waals surface area contributed by atoms with Crippen molar-refractivity contribution >= 4 is 17.2 Å². The molecule has 1 fully saturated rings. The quantitative estimate of drug-likeness (QED) is 0.843. The SMILES string of the molecule is O=C(CCc1ccoc1)NC[C@@H]1C[C@H](F)CN1Cc1nccs1. The molecule has 7 heteroatoms. The van der Waals surface area contributed by atoms with Crippen molar-refractivity contribution in [1.29, 1.82) is 0 Å². The summed E-state index contributed by atoms with van der Waals surface area (Å²) < 4.78 is 18.7. The maximum atomic E-state index is 13.7. The second-order valence-electron chi connectivity index (χ2n) is 5.78. The van der Waals surface area contributed by atoms with E-state index < -0.39 is 6.17 Å². The van der Waals surface area contributed by atoms with Crippen LogP contribution in [0.3, 0.4) is 0 Å². The first-order valence-corrected chi connectivity index (χ1v) is 8.63. The van der Waals surface area contributed by atoms with E-state index in [0.717, 1.165) is 10.6 Å². The first-order chi connectivity index (χ1) is 11.2. The molecule has 0 saturated carbocycles. The molecule has 0 aromatic carbocycles. The minimum atomic E-state index is -0.831. The minimum Gasteiger partial charge on any atom is -0.472 e. The van der Waals surface area contributed by atoms with E-state index in [1.165, 1.54) is 0 Å². The molecule has 2 aromatic heterocycles. The van der Waals surface area contributed by atoms with Crippen molar-refractivity contribution in [3.8, 4) is 0 Å². The molecule has 1 N–H and O–H groups in total. The summed E-state index contributed by atoms with van der Waals surface area (Å²) >= 11 is 1.57. The van der Waals surface area contributed by atoms with E-state index in [9.17, 15) is 9.18 Å². The zero-order valence-corrected chi connectivity index (χ0v) is 13.6. The molecule has 3 rings (SSSR count). The molecule has 1 aliphatic heterocycles. The van der Waals surface area contributed by atoms with E-state index in [4.69, 9.17) is 4.42 Å². The molecule has 0 radical (unpaired) electrons. The van der Waals surface area contributed by atoms with Crippen molar-refractivity contribution in [1.82, 2.24) is 15.2 Å². The van der Waals surface area contributed by atoms with Gasteiger partial charge in [0, 0.05) is 37.1 Å². The van der Waals surface area contributed by atoms with Crippen LogP contribution in [-0.4, -0.2) is 41.1 Å². The molecule has 0 aliphatic carbocycles. The predicted molar refractivity (Wildman–Crippen MR) is 85.9 cm³/mol. The fourth-order valence-corrected chi connectivity index (χ4v) is 3.49. The number of carbonyl (C=O) groups excluding carboxylic acids is 1. The van der Waals surface area contributed by atoms with Crippen LogP contribution in [0.25, 0.3) is 0 Å². The Bertz CT molecular complexity index is 603. The molecule has 1 saturated heterocycles. The number of aromatic nitrogens is 1. The first kappa shape index (κ1) is 16.1. The minimum absolute atomic E-state index is 0.0114. The van der Waals surface area contributed by atoms with Crippen molar-refractivity contribution in [3.05, 3.63) is 40.7 Å². The standard InChI is InChI=1S/C16H20FN3O2S/c17-13-7-14(20(9-13)10-16-18-4-6-23-16)8-19-15(21)2-1-12-3-5-22-11-12/h3-6,11,13-14H,1-2,7-10H2,(H,19,21)/t13-,14-/m0/s1. The summed E-state index contributed by atoms with van der Waals surface area (Å²) in [6.07, 6.45) is 5.71. The molecule has 3 heterocycles. The van der Waals surface area contributed by atoms with Crippen molar-refractivity contribution < 1.29 is 13.6 Å². The molecule has 1 amide bonds. The fraction of sp³-hybridized carbons (Fsp3) is 0.500. The summed E-state index contributed by atoms with van der Waals surface area (Å²) in [5, 5.41) is 5.83. The van der Waals surface area contributed by atoms with Gasteiger partial charge in [0.15, 0.2) is 0 Å². The van der Waals surface area contributed by atoms with Crippen LogP contribution in [0, 0.1) is 0 Å². The zero-order chi connectivity index (χ0) is 16.1. The summed E-state index contributed by atoms with van der Waals surface area (Å²) in [5.41, 5.74) is 1.01. The Labute approximate surface area is 138 Å². The average Bonchev–Trinajstić information content (AvgIpc) is 3.26. The van der Waals surface area contributed by atoms with Gasteiger partial charge in [-0.1, -0.05) is 0 Å². The molecule has 2 atom stereocenters. The summed E-state index contributed by atoms with van der Waals surface area (Å²) in [6, 6.07) is 1.89. The molecule has 2 aromatic rings. The molecule has 124 valence electrons. The number of hydrogen-bond donors (Lipinski definition) is 1. The van der Waals surface area contributed by atoms with Gasteiger partial charge in [-0.2, -0.15) is 0 Å². The average molecular weight is 337 g/mol. The lowest BCUT2D eigenvalue weighted by atomic mass is 10.1. The van der Waals surface area contributed by atoms with Gasteiger partial charge in [0.1, 0.15) is 11.2 Å². The number of aryl methyl sites for hydroxylation is 1. The van der Waals surface area contributed by atoms with Gasteiger partial charge >= 0.3 is 0 Å². The number of nitrogens with zero attached hydrogens (tertiary/aromatic N) is 2. The van der Waals surface area contributed by atoms with Crippen LogP contribution in [0.4, 0.5) is 4.39 Å². The normalized spacial score (nSPS) is 21.6. The van der Waals surface area contributed by atoms with Crippen LogP contribution >= 0.6 is 11.3 Å². The molecular weight excluding hydrogens is 317 g/mol. The van der Waals surface area contributed by atoms with Crippen molar-refractivity contribution in [3.63, 3.8) is 0 Å². The Morgan fingerprint density at radius 3 is 3.22 bits per heavy atom. The number of furan rings is 1. The third-order valence-electron chi connectivity index (χ3n) is 4.05. The lowest BCUT2D eigenvalue weighted by Crippen LogP contribution is -2.39. The van der Waals surface area contributed by atoms with Crippen LogP contribution in [0.15, 0.2) is 34.6 Å². The third-order valence-corrected chi connectivity index (χ3v) is 4.82. The van der Waals surface area contributed by atoms with Crippen LogP contribution in [0.5, 0.6) is 0 Å². The highest BCUT2D eigenvalue weighted by atomic mass is 32.1. The molecule has 23 heavy (non-hydrogen) atoms. The molecule has 0 spiro atoms. The highest BCUT2D eigenvalue weighted by Gasteiger charge is 2.32. The van der Waals surface area contributed by atoms with Gasteiger partial charge in [0.05, 0.1) is 19.1 Å². The smallest absolute Gasteiger partial charge is 0.220 e. The van der Waals surface area contributed by atoms with Crippen molar-refractivity contribution in [2.75, 3.05) is 13.1 Å². The van der Waals surface area contributed by atoms with Crippen LogP contribution in [-0.2, 0) is 17.8 Å². The third kappa shape index (κ3) is 4.62. The van der Waals surface area contributed by atoms with E-state index in [-0.39, 0.29) is 11.9 Å². The molecule has 1 aliphatic rings. The van der Waals surface area contributed by atoms with Gasteiger partial charge in [0.2, 0.25) is 5.91 Å². The largest absolute Gasteiger partial charge is 0.472 e. The summed E-state index contributed by atoms with van der Waals surface area (Å²) in [4.78, 5) is 18.3. The van der Waals surface area contributed by atoms with Crippen LogP contribution < -0.4 is 5.32 Å². The molecular formula is C16H20FN3O2S. The van der Waals surface area contributed by atoms with E-state index in [0.29, 0.717) is 38.9 Å². The molecule has 0 bridgehead atoms. The van der Waals surface area contributed by atoms with Gasteiger partial charge in [0.25, 0.3) is 0 Å². The molecule has 5 nitrogen and oxygen atoms in total. The summed E-state index contributed by atoms with van der Waals surface area (Å²) in [7, 11) is 0. The van der Waals surface area contributed by atoms with E-state index in [1.807, 2.05) is 11.4 Å². The number of thiazole rings is 1. The zero-order valence-electron chi connectivity index (χ0n) is 12.8. The summed E-state index contributed by atoms with van der Waals surface area (Å²) in [6.45, 7) is 1.54. The highest BCUT2D eigenvalue weighted by Crippen LogP contribution is 2.23. The number of amides is 1. The molecule has 0 unspecified atom stereocenters. The number of halogens is 1. The Hall–Kier alpha value is -1.73. The lowest BCUT2D eigenvalue weighted by molar-refractivity contribution is -0.121. The van der Waals surface area contributed by atoms with Crippen molar-refractivity contribution in [2.24, 2.45) is 0 Å². The maximum absolute atomic E-state index is 13.7. The fourth-order valence-electron chi connectivity index (χ4n) is 2.85. The number of rotatable bonds is 7. The Balaban J connectivity index is 1.44. The second kappa shape index (κ2) is 7.70. The van der Waals surface area contributed by atoms with Crippen LogP contribution in [0.2, 0.25) is 0 Å². The monoisotopic (exact) mass is 337 g/mol. The van der Waals surface area contributed by atoms with Gasteiger partial charge in [-0.05, 0) is 24.5 Å². The van der Waals surface area contributed by atoms with E-state index in [1.54, 1.807) is 30.1 Å². The number of nitrogens with one attached hydrogen (secondary N) is 1. The van der Waals surface area contributed by atoms with Gasteiger partial charge in [-0.3, -0.25) is 9.69 Å². The van der Waals surface area contributed by atoms with Crippen molar-refractivity contribution in [2.45, 2.75) is 38.0 Å². The van der Waals surface area contributed by atoms with E-state index in [2.05, 4.69) is 15.2 Å².